The molecule has 3 heteroatoms. The Balaban J connectivity index is 0. The van der Waals surface area contributed by atoms with E-state index in [4.69, 9.17) is 0 Å². The van der Waals surface area contributed by atoms with Gasteiger partial charge in [0, 0.05) is 12.8 Å². The van der Waals surface area contributed by atoms with Crippen LogP contribution < -0.4 is 0 Å². The lowest BCUT2D eigenvalue weighted by atomic mass is 10.2. The summed E-state index contributed by atoms with van der Waals surface area (Å²) in [6, 6.07) is 0. The van der Waals surface area contributed by atoms with Crippen LogP contribution in [0.15, 0.2) is 0 Å². The van der Waals surface area contributed by atoms with Crippen molar-refractivity contribution in [3.63, 3.8) is 0 Å². The first-order chi connectivity index (χ1) is 4.63. The smallest absolute Gasteiger partial charge is 0.130 e. The average Bonchev–Trinajstić information content (AvgIpc) is 1.89. The summed E-state index contributed by atoms with van der Waals surface area (Å²) in [4.78, 5) is 20.4. The fourth-order valence-corrected chi connectivity index (χ4v) is 0.352. The molecule has 10 heavy (non-hydrogen) atoms. The summed E-state index contributed by atoms with van der Waals surface area (Å²) >= 11 is 0. The molecule has 0 bridgehead atoms. The van der Waals surface area contributed by atoms with Crippen LogP contribution in [0.25, 0.3) is 0 Å². The molecule has 0 aromatic rings. The van der Waals surface area contributed by atoms with Crippen molar-refractivity contribution in [3.05, 3.63) is 0 Å². The van der Waals surface area contributed by atoms with E-state index in [0.29, 0.717) is 20.0 Å². The molecule has 0 N–H and O–H groups in total. The van der Waals surface area contributed by atoms with Gasteiger partial charge in [0.25, 0.3) is 0 Å². The van der Waals surface area contributed by atoms with E-state index < -0.39 is 0 Å². The number of ketones is 2. The van der Waals surface area contributed by atoms with Crippen LogP contribution in [0.4, 0.5) is 4.39 Å². The number of hydrogen-bond acceptors (Lipinski definition) is 2. The molecule has 0 rings (SSSR count). The lowest BCUT2D eigenvalue weighted by molar-refractivity contribution is -0.122. The number of carbonyl (C=O) groups excluding carboxylic acids is 2. The molecule has 0 amide bonds. The second-order valence-electron chi connectivity index (χ2n) is 1.90. The van der Waals surface area contributed by atoms with Crippen LogP contribution in [-0.2, 0) is 9.59 Å². The molecular weight excluding hydrogens is 135 g/mol. The van der Waals surface area contributed by atoms with E-state index in [-0.39, 0.29) is 11.6 Å². The molecule has 0 fully saturated rings. The average molecular weight is 148 g/mol. The maximum Gasteiger partial charge on any atom is 0.130 e. The first-order valence-electron chi connectivity index (χ1n) is 2.99. The molecule has 0 unspecified atom stereocenters. The summed E-state index contributed by atoms with van der Waals surface area (Å²) in [6.45, 7) is 2.98. The normalized spacial score (nSPS) is 7.60. The van der Waals surface area contributed by atoms with Crippen LogP contribution >= 0.6 is 0 Å². The van der Waals surface area contributed by atoms with E-state index in [1.54, 1.807) is 0 Å². The van der Waals surface area contributed by atoms with Gasteiger partial charge < -0.3 is 9.59 Å². The lowest BCUT2D eigenvalue weighted by Gasteiger charge is -1.86. The highest BCUT2D eigenvalue weighted by atomic mass is 19.1. The van der Waals surface area contributed by atoms with Crippen molar-refractivity contribution in [2.45, 2.75) is 26.7 Å². The van der Waals surface area contributed by atoms with Gasteiger partial charge in [-0.25, -0.2) is 0 Å². The van der Waals surface area contributed by atoms with Crippen molar-refractivity contribution >= 4 is 11.6 Å². The summed E-state index contributed by atoms with van der Waals surface area (Å²) in [5.74, 6) is 0.167. The predicted octanol–water partition coefficient (Wildman–Crippen LogP) is 1.53. The largest absolute Gasteiger partial charge is 0.300 e. The van der Waals surface area contributed by atoms with Gasteiger partial charge in [0.2, 0.25) is 0 Å². The number of Topliss-reactive ketones (excluding diaryl/α,β-unsaturated/α-hetero) is 2. The Kier molecular flexibility index (Phi) is 9.92. The van der Waals surface area contributed by atoms with Gasteiger partial charge in [-0.1, -0.05) is 0 Å². The molecule has 0 spiro atoms. The van der Waals surface area contributed by atoms with Crippen molar-refractivity contribution < 1.29 is 14.0 Å². The quantitative estimate of drug-likeness (QED) is 0.608. The van der Waals surface area contributed by atoms with Crippen LogP contribution in [0, 0.1) is 0 Å². The third-order valence-corrected chi connectivity index (χ3v) is 0.829. The second kappa shape index (κ2) is 8.27. The minimum atomic E-state index is 0.0835. The Morgan fingerprint density at radius 3 is 1.30 bits per heavy atom. The maximum absolute atomic E-state index is 10.2. The van der Waals surface area contributed by atoms with Crippen molar-refractivity contribution in [2.75, 3.05) is 7.18 Å². The Labute approximate surface area is 60.4 Å². The summed E-state index contributed by atoms with van der Waals surface area (Å²) in [5.41, 5.74) is 0. The number of alkyl halides is 1. The molecule has 2 nitrogen and oxygen atoms in total. The lowest BCUT2D eigenvalue weighted by Crippen LogP contribution is -1.95. The van der Waals surface area contributed by atoms with Crippen LogP contribution in [0.5, 0.6) is 0 Å². The monoisotopic (exact) mass is 148 g/mol. The van der Waals surface area contributed by atoms with Crippen LogP contribution in [0.3, 0.4) is 0 Å². The Bertz CT molecular complexity index is 96.2. The van der Waals surface area contributed by atoms with Crippen LogP contribution in [-0.4, -0.2) is 18.7 Å². The third-order valence-electron chi connectivity index (χ3n) is 0.829. The van der Waals surface area contributed by atoms with Gasteiger partial charge in [0.15, 0.2) is 0 Å². The van der Waals surface area contributed by atoms with Gasteiger partial charge in [0.05, 0.1) is 7.18 Å². The molecule has 0 saturated carbocycles. The molecule has 0 aromatic carbocycles. The van der Waals surface area contributed by atoms with Crippen molar-refractivity contribution in [1.82, 2.24) is 0 Å². The second-order valence-corrected chi connectivity index (χ2v) is 1.90. The van der Waals surface area contributed by atoms with Gasteiger partial charge in [-0.05, 0) is 13.8 Å². The zero-order chi connectivity index (χ0) is 8.57. The first kappa shape index (κ1) is 12.0. The zero-order valence-corrected chi connectivity index (χ0v) is 6.61. The number of hydrogen-bond donors (Lipinski definition) is 0. The zero-order valence-electron chi connectivity index (χ0n) is 6.61. The molecule has 60 valence electrons. The molecule has 0 aliphatic carbocycles. The Morgan fingerprint density at radius 1 is 1.00 bits per heavy atom. The summed E-state index contributed by atoms with van der Waals surface area (Å²) in [7, 11) is 0.500. The van der Waals surface area contributed by atoms with Gasteiger partial charge in [-0.15, -0.1) is 0 Å². The Morgan fingerprint density at radius 2 is 1.20 bits per heavy atom. The SMILES string of the molecule is CC(=O)CCC(C)=O.CF. The maximum atomic E-state index is 10.2. The topological polar surface area (TPSA) is 34.1 Å². The van der Waals surface area contributed by atoms with E-state index in [1.807, 2.05) is 0 Å². The fraction of sp³-hybridized carbons (Fsp3) is 0.714. The standard InChI is InChI=1S/C6H10O2.CH3F/c1-5(7)3-4-6(2)8;1-2/h3-4H2,1-2H3;1H3. The van der Waals surface area contributed by atoms with E-state index in [9.17, 15) is 14.0 Å². The molecule has 0 radical (unpaired) electrons. The highest BCUT2D eigenvalue weighted by molar-refractivity contribution is 5.83. The van der Waals surface area contributed by atoms with E-state index in [1.165, 1.54) is 13.8 Å². The van der Waals surface area contributed by atoms with Gasteiger partial charge in [-0.3, -0.25) is 4.39 Å². The van der Waals surface area contributed by atoms with Gasteiger partial charge in [-0.2, -0.15) is 0 Å². The summed E-state index contributed by atoms with van der Waals surface area (Å²) in [6.07, 6.45) is 0.796. The number of rotatable bonds is 3. The molecule has 0 atom stereocenters. The minimum Gasteiger partial charge on any atom is -0.300 e. The molecule has 0 heterocycles. The van der Waals surface area contributed by atoms with E-state index in [0.717, 1.165) is 0 Å². The van der Waals surface area contributed by atoms with Crippen LogP contribution in [0.2, 0.25) is 0 Å². The third kappa shape index (κ3) is 15.7. The van der Waals surface area contributed by atoms with Crippen molar-refractivity contribution in [2.24, 2.45) is 0 Å². The molecule has 0 saturated heterocycles. The number of halogens is 1. The minimum absolute atomic E-state index is 0.0835. The van der Waals surface area contributed by atoms with Crippen LogP contribution in [0.1, 0.15) is 26.7 Å². The van der Waals surface area contributed by atoms with Crippen molar-refractivity contribution in [3.8, 4) is 0 Å². The molecule has 0 aliphatic heterocycles. The fourth-order valence-electron chi connectivity index (χ4n) is 0.352. The molecular formula is C7H13FO2. The van der Waals surface area contributed by atoms with Gasteiger partial charge in [0.1, 0.15) is 11.6 Å². The summed E-state index contributed by atoms with van der Waals surface area (Å²) < 4.78 is 9.50. The van der Waals surface area contributed by atoms with Gasteiger partial charge >= 0.3 is 0 Å². The molecule has 0 aromatic heterocycles. The summed E-state index contributed by atoms with van der Waals surface area (Å²) in [5, 5.41) is 0. The molecule has 0 aliphatic rings. The highest BCUT2D eigenvalue weighted by Crippen LogP contribution is 1.89. The highest BCUT2D eigenvalue weighted by Gasteiger charge is 1.95. The predicted molar refractivity (Wildman–Crippen MR) is 37.6 cm³/mol. The Hall–Kier alpha value is -0.730. The van der Waals surface area contributed by atoms with E-state index >= 15 is 0 Å². The van der Waals surface area contributed by atoms with Crippen molar-refractivity contribution in [1.29, 1.82) is 0 Å². The number of carbonyl (C=O) groups is 2. The first-order valence-corrected chi connectivity index (χ1v) is 2.99. The van der Waals surface area contributed by atoms with E-state index in [2.05, 4.69) is 0 Å².